The van der Waals surface area contributed by atoms with Gasteiger partial charge in [-0.15, -0.1) is 0 Å². The number of ether oxygens (including phenoxy) is 1. The minimum absolute atomic E-state index is 0.000935. The molecule has 3 amide bonds. The van der Waals surface area contributed by atoms with Gasteiger partial charge in [0.15, 0.2) is 0 Å². The van der Waals surface area contributed by atoms with Crippen molar-refractivity contribution >= 4 is 17.6 Å². The molecule has 1 heterocycles. The van der Waals surface area contributed by atoms with Gasteiger partial charge < -0.3 is 30.7 Å². The molecule has 0 spiro atoms. The number of amides is 3. The van der Waals surface area contributed by atoms with Gasteiger partial charge in [0.2, 0.25) is 0 Å². The van der Waals surface area contributed by atoms with Gasteiger partial charge in [-0.2, -0.15) is 0 Å². The topological polar surface area (TPSA) is 103 Å². The predicted molar refractivity (Wildman–Crippen MR) is 109 cm³/mol. The molecule has 1 aliphatic rings. The lowest BCUT2D eigenvalue weighted by Gasteiger charge is -2.37. The van der Waals surface area contributed by atoms with Gasteiger partial charge in [-0.25, -0.2) is 4.79 Å². The first-order chi connectivity index (χ1) is 13.3. The summed E-state index contributed by atoms with van der Waals surface area (Å²) in [6.45, 7) is 8.57. The van der Waals surface area contributed by atoms with Gasteiger partial charge in [0.05, 0.1) is 18.2 Å². The fourth-order valence-electron chi connectivity index (χ4n) is 3.17. The molecule has 8 heteroatoms. The van der Waals surface area contributed by atoms with Gasteiger partial charge in [0.1, 0.15) is 11.9 Å². The van der Waals surface area contributed by atoms with Crippen LogP contribution in [-0.2, 0) is 0 Å². The molecule has 1 aromatic rings. The maximum Gasteiger partial charge on any atom is 0.319 e. The Morgan fingerprint density at radius 1 is 1.36 bits per heavy atom. The van der Waals surface area contributed by atoms with Crippen molar-refractivity contribution in [3.63, 3.8) is 0 Å². The highest BCUT2D eigenvalue weighted by atomic mass is 16.5. The van der Waals surface area contributed by atoms with Crippen molar-refractivity contribution in [3.8, 4) is 5.75 Å². The molecule has 0 radical (unpaired) electrons. The average molecular weight is 393 g/mol. The minimum atomic E-state index is -0.337. The molecule has 28 heavy (non-hydrogen) atoms. The number of nitrogens with one attached hydrogen (secondary N) is 3. The van der Waals surface area contributed by atoms with Crippen LogP contribution in [0.2, 0.25) is 0 Å². The molecule has 8 nitrogen and oxygen atoms in total. The van der Waals surface area contributed by atoms with Gasteiger partial charge in [-0.3, -0.25) is 4.79 Å². The van der Waals surface area contributed by atoms with Gasteiger partial charge in [-0.1, -0.05) is 6.92 Å². The van der Waals surface area contributed by atoms with Crippen LogP contribution in [0.1, 0.15) is 38.1 Å². The maximum absolute atomic E-state index is 13.2. The van der Waals surface area contributed by atoms with E-state index in [1.54, 1.807) is 23.1 Å². The molecule has 0 saturated heterocycles. The molecule has 0 aromatic heterocycles. The smallest absolute Gasteiger partial charge is 0.319 e. The first-order valence-electron chi connectivity index (χ1n) is 9.71. The van der Waals surface area contributed by atoms with Crippen molar-refractivity contribution in [2.45, 2.75) is 45.9 Å². The zero-order chi connectivity index (χ0) is 20.8. The van der Waals surface area contributed by atoms with Crippen molar-refractivity contribution < 1.29 is 19.4 Å². The number of carbonyl (C=O) groups excluding carboxylic acids is 2. The number of hydrogen-bond donors (Lipinski definition) is 4. The second-order valence-corrected chi connectivity index (χ2v) is 7.64. The molecule has 0 saturated carbocycles. The Kier molecular flexibility index (Phi) is 7.65. The zero-order valence-corrected chi connectivity index (χ0v) is 17.3. The standard InChI is InChI=1S/C20H32N4O4/c1-12(2)22-20(27)23-15-6-7-17-16(8-15)19(26)24(14(4)11-25)10-13(3)18(28-17)9-21-5/h6-8,12-14,18,21,25H,9-11H2,1-5H3,(H2,22,23,27)/t13-,14-,18+/m1/s1. The summed E-state index contributed by atoms with van der Waals surface area (Å²) in [6, 6.07) is 4.39. The maximum atomic E-state index is 13.2. The molecule has 3 atom stereocenters. The summed E-state index contributed by atoms with van der Waals surface area (Å²) in [5.41, 5.74) is 0.875. The van der Waals surface area contributed by atoms with Crippen LogP contribution in [0.25, 0.3) is 0 Å². The molecule has 0 unspecified atom stereocenters. The molecule has 2 rings (SSSR count). The summed E-state index contributed by atoms with van der Waals surface area (Å²) >= 11 is 0. The molecule has 0 aliphatic carbocycles. The lowest BCUT2D eigenvalue weighted by Crippen LogP contribution is -2.49. The van der Waals surface area contributed by atoms with Crippen LogP contribution in [0.5, 0.6) is 5.75 Å². The van der Waals surface area contributed by atoms with Gasteiger partial charge in [0, 0.05) is 30.7 Å². The summed E-state index contributed by atoms with van der Waals surface area (Å²) in [5, 5.41) is 18.3. The third kappa shape index (κ3) is 5.36. The number of benzene rings is 1. The van der Waals surface area contributed by atoms with Crippen molar-refractivity contribution in [2.75, 3.05) is 32.1 Å². The first-order valence-corrected chi connectivity index (χ1v) is 9.71. The number of nitrogens with zero attached hydrogens (tertiary/aromatic N) is 1. The van der Waals surface area contributed by atoms with Crippen molar-refractivity contribution in [1.82, 2.24) is 15.5 Å². The molecule has 1 aromatic carbocycles. The van der Waals surface area contributed by atoms with Crippen LogP contribution >= 0.6 is 0 Å². The molecule has 4 N–H and O–H groups in total. The Labute approximate surface area is 166 Å². The van der Waals surface area contributed by atoms with E-state index in [4.69, 9.17) is 4.74 Å². The lowest BCUT2D eigenvalue weighted by molar-refractivity contribution is 0.0416. The van der Waals surface area contributed by atoms with Crippen LogP contribution in [0.15, 0.2) is 18.2 Å². The van der Waals surface area contributed by atoms with E-state index in [1.807, 2.05) is 34.7 Å². The number of likely N-dealkylation sites (N-methyl/N-ethyl adjacent to an activating group) is 1. The summed E-state index contributed by atoms with van der Waals surface area (Å²) in [6.07, 6.45) is -0.131. The summed E-state index contributed by atoms with van der Waals surface area (Å²) in [4.78, 5) is 26.9. The van der Waals surface area contributed by atoms with Crippen LogP contribution < -0.4 is 20.7 Å². The van der Waals surface area contributed by atoms with Gasteiger partial charge in [0.25, 0.3) is 5.91 Å². The van der Waals surface area contributed by atoms with E-state index in [-0.39, 0.29) is 42.7 Å². The van der Waals surface area contributed by atoms with E-state index < -0.39 is 0 Å². The number of rotatable bonds is 6. The van der Waals surface area contributed by atoms with E-state index in [2.05, 4.69) is 16.0 Å². The molecule has 0 fully saturated rings. The number of urea groups is 1. The normalized spacial score (nSPS) is 20.7. The largest absolute Gasteiger partial charge is 0.488 e. The number of fused-ring (bicyclic) bond motifs is 1. The first kappa shape index (κ1) is 22.0. The van der Waals surface area contributed by atoms with E-state index in [9.17, 15) is 14.7 Å². The van der Waals surface area contributed by atoms with Gasteiger partial charge in [-0.05, 0) is 46.0 Å². The van der Waals surface area contributed by atoms with Crippen LogP contribution in [0, 0.1) is 5.92 Å². The Morgan fingerprint density at radius 3 is 2.68 bits per heavy atom. The van der Waals surface area contributed by atoms with E-state index >= 15 is 0 Å². The monoisotopic (exact) mass is 392 g/mol. The fraction of sp³-hybridized carbons (Fsp3) is 0.600. The highest BCUT2D eigenvalue weighted by Gasteiger charge is 2.32. The van der Waals surface area contributed by atoms with Crippen molar-refractivity contribution in [3.05, 3.63) is 23.8 Å². The van der Waals surface area contributed by atoms with Crippen molar-refractivity contribution in [1.29, 1.82) is 0 Å². The molecular weight excluding hydrogens is 360 g/mol. The molecule has 156 valence electrons. The number of anilines is 1. The zero-order valence-electron chi connectivity index (χ0n) is 17.3. The SMILES string of the molecule is CNC[C@@H]1Oc2ccc(NC(=O)NC(C)C)cc2C(=O)N([C@H](C)CO)C[C@H]1C. The molecule has 1 aliphatic heterocycles. The van der Waals surface area contributed by atoms with Crippen LogP contribution in [0.3, 0.4) is 0 Å². The third-order valence-electron chi connectivity index (χ3n) is 4.75. The highest BCUT2D eigenvalue weighted by Crippen LogP contribution is 2.30. The summed E-state index contributed by atoms with van der Waals surface area (Å²) in [7, 11) is 1.86. The summed E-state index contributed by atoms with van der Waals surface area (Å²) < 4.78 is 6.15. The molecular formula is C20H32N4O4. The summed E-state index contributed by atoms with van der Waals surface area (Å²) in [5.74, 6) is 0.328. The number of hydrogen-bond acceptors (Lipinski definition) is 5. The third-order valence-corrected chi connectivity index (χ3v) is 4.75. The minimum Gasteiger partial charge on any atom is -0.488 e. The quantitative estimate of drug-likeness (QED) is 0.590. The Hall–Kier alpha value is -2.32. The Bertz CT molecular complexity index is 695. The number of aliphatic hydroxyl groups is 1. The molecule has 0 bridgehead atoms. The predicted octanol–water partition coefficient (Wildman–Crippen LogP) is 1.66. The lowest BCUT2D eigenvalue weighted by atomic mass is 9.99. The van der Waals surface area contributed by atoms with E-state index in [0.717, 1.165) is 0 Å². The van der Waals surface area contributed by atoms with E-state index in [0.29, 0.717) is 30.1 Å². The average Bonchev–Trinajstić information content (AvgIpc) is 2.63. The van der Waals surface area contributed by atoms with Gasteiger partial charge >= 0.3 is 6.03 Å². The van der Waals surface area contributed by atoms with Crippen LogP contribution in [0.4, 0.5) is 10.5 Å². The Balaban J connectivity index is 2.39. The second-order valence-electron chi connectivity index (χ2n) is 7.64. The highest BCUT2D eigenvalue weighted by molar-refractivity contribution is 5.99. The van der Waals surface area contributed by atoms with E-state index in [1.165, 1.54) is 0 Å². The van der Waals surface area contributed by atoms with Crippen LogP contribution in [-0.4, -0.2) is 66.9 Å². The Morgan fingerprint density at radius 2 is 2.07 bits per heavy atom. The number of carbonyl (C=O) groups is 2. The van der Waals surface area contributed by atoms with Crippen molar-refractivity contribution in [2.24, 2.45) is 5.92 Å². The second kappa shape index (κ2) is 9.75. The fourth-order valence-corrected chi connectivity index (χ4v) is 3.17. The number of aliphatic hydroxyl groups excluding tert-OH is 1.